The Hall–Kier alpha value is -2.46. The topological polar surface area (TPSA) is 105 Å². The Kier molecular flexibility index (Phi) is 7.09. The van der Waals surface area contributed by atoms with Crippen molar-refractivity contribution in [2.75, 3.05) is 43.6 Å². The van der Waals surface area contributed by atoms with Gasteiger partial charge in [-0.25, -0.2) is 13.6 Å². The molecule has 3 N–H and O–H groups in total. The van der Waals surface area contributed by atoms with E-state index in [1.54, 1.807) is 0 Å². The highest BCUT2D eigenvalue weighted by molar-refractivity contribution is 7.89. The second-order valence-electron chi connectivity index (χ2n) is 7.38. The van der Waals surface area contributed by atoms with Crippen molar-refractivity contribution < 1.29 is 17.9 Å². The van der Waals surface area contributed by atoms with Gasteiger partial charge in [0.2, 0.25) is 15.9 Å². The summed E-state index contributed by atoms with van der Waals surface area (Å²) < 4.78 is 28.2. The maximum absolute atomic E-state index is 12.7. The van der Waals surface area contributed by atoms with Crippen molar-refractivity contribution in [2.45, 2.75) is 24.4 Å². The first-order chi connectivity index (χ1) is 14.3. The van der Waals surface area contributed by atoms with Gasteiger partial charge in [0.05, 0.1) is 24.2 Å². The molecule has 1 saturated heterocycles. The number of morpholine rings is 1. The monoisotopic (exact) mass is 432 g/mol. The molecular formula is C21H28N4O4S. The van der Waals surface area contributed by atoms with Crippen LogP contribution in [0.5, 0.6) is 0 Å². The summed E-state index contributed by atoms with van der Waals surface area (Å²) in [6, 6.07) is 13.6. The fourth-order valence-corrected chi connectivity index (χ4v) is 3.85. The Bertz CT molecular complexity index is 973. The number of anilines is 2. The molecule has 1 fully saturated rings. The van der Waals surface area contributed by atoms with E-state index in [2.05, 4.69) is 22.3 Å². The summed E-state index contributed by atoms with van der Waals surface area (Å²) in [5, 5.41) is 7.93. The number of sulfonamides is 1. The summed E-state index contributed by atoms with van der Waals surface area (Å²) in [5.74, 6) is -0.176. The molecule has 1 aliphatic rings. The van der Waals surface area contributed by atoms with Crippen molar-refractivity contribution in [1.29, 1.82) is 0 Å². The van der Waals surface area contributed by atoms with E-state index in [0.29, 0.717) is 25.4 Å². The van der Waals surface area contributed by atoms with E-state index < -0.39 is 10.0 Å². The average molecular weight is 433 g/mol. The number of likely N-dealkylation sites (N-methyl/N-ethyl adjacent to an activating group) is 1. The van der Waals surface area contributed by atoms with Crippen LogP contribution in [0, 0.1) is 0 Å². The molecule has 0 aliphatic carbocycles. The van der Waals surface area contributed by atoms with Crippen LogP contribution in [0.15, 0.2) is 53.4 Å². The van der Waals surface area contributed by atoms with Crippen LogP contribution < -0.4 is 15.4 Å². The minimum absolute atomic E-state index is 0.00499. The molecule has 2 aromatic carbocycles. The van der Waals surface area contributed by atoms with Crippen LogP contribution in [0.1, 0.15) is 12.5 Å². The number of rotatable bonds is 7. The zero-order valence-electron chi connectivity index (χ0n) is 17.2. The lowest BCUT2D eigenvalue weighted by Gasteiger charge is -2.32. The third-order valence-electron chi connectivity index (χ3n) is 5.25. The van der Waals surface area contributed by atoms with Gasteiger partial charge in [0, 0.05) is 31.0 Å². The number of carbonyl (C=O) groups excluding carboxylic acids is 1. The van der Waals surface area contributed by atoms with Gasteiger partial charge in [0.15, 0.2) is 0 Å². The van der Waals surface area contributed by atoms with Gasteiger partial charge < -0.3 is 15.0 Å². The smallest absolute Gasteiger partial charge is 0.241 e. The van der Waals surface area contributed by atoms with Crippen molar-refractivity contribution in [3.8, 4) is 0 Å². The fraction of sp³-hybridized carbons (Fsp3) is 0.381. The molecule has 1 heterocycles. The van der Waals surface area contributed by atoms with E-state index >= 15 is 0 Å². The van der Waals surface area contributed by atoms with Gasteiger partial charge in [-0.1, -0.05) is 18.2 Å². The van der Waals surface area contributed by atoms with Crippen LogP contribution in [0.4, 0.5) is 11.4 Å². The van der Waals surface area contributed by atoms with E-state index in [1.807, 2.05) is 31.0 Å². The lowest BCUT2D eigenvalue weighted by atomic mass is 10.1. The normalized spacial score (nSPS) is 15.8. The van der Waals surface area contributed by atoms with Crippen molar-refractivity contribution in [2.24, 2.45) is 5.14 Å². The molecule has 2 aromatic rings. The Morgan fingerprint density at radius 3 is 2.43 bits per heavy atom. The van der Waals surface area contributed by atoms with Gasteiger partial charge in [0.25, 0.3) is 0 Å². The van der Waals surface area contributed by atoms with E-state index in [0.717, 1.165) is 18.7 Å². The summed E-state index contributed by atoms with van der Waals surface area (Å²) in [4.78, 5) is 17.0. The summed E-state index contributed by atoms with van der Waals surface area (Å²) in [6.07, 6.45) is 0. The Morgan fingerprint density at radius 2 is 1.80 bits per heavy atom. The standard InChI is InChI=1S/C21H28N4O4S/c1-16(21(26)23-18-7-9-19(10-8-18)30(22,27)28)24(2)15-17-5-3-4-6-20(17)25-11-13-29-14-12-25/h3-10,16H,11-15H2,1-2H3,(H,23,26)(H2,22,27,28)/t16-/m0/s1. The van der Waals surface area contributed by atoms with Crippen molar-refractivity contribution >= 4 is 27.3 Å². The first-order valence-corrected chi connectivity index (χ1v) is 11.3. The molecule has 8 nitrogen and oxygen atoms in total. The number of hydrogen-bond donors (Lipinski definition) is 2. The molecular weight excluding hydrogens is 404 g/mol. The molecule has 0 saturated carbocycles. The highest BCUT2D eigenvalue weighted by Gasteiger charge is 2.21. The maximum atomic E-state index is 12.7. The first kappa shape index (κ1) is 22.2. The molecule has 0 unspecified atom stereocenters. The number of nitrogens with two attached hydrogens (primary N) is 1. The number of nitrogens with zero attached hydrogens (tertiary/aromatic N) is 2. The number of carbonyl (C=O) groups is 1. The van der Waals surface area contributed by atoms with Crippen molar-refractivity contribution in [3.63, 3.8) is 0 Å². The zero-order valence-corrected chi connectivity index (χ0v) is 18.1. The SMILES string of the molecule is C[C@@H](C(=O)Nc1ccc(S(N)(=O)=O)cc1)N(C)Cc1ccccc1N1CCOCC1. The minimum Gasteiger partial charge on any atom is -0.378 e. The Balaban J connectivity index is 1.64. The Labute approximate surface area is 177 Å². The zero-order chi connectivity index (χ0) is 21.7. The number of para-hydroxylation sites is 1. The average Bonchev–Trinajstić information content (AvgIpc) is 2.74. The summed E-state index contributed by atoms with van der Waals surface area (Å²) in [7, 11) is -1.85. The fourth-order valence-electron chi connectivity index (χ4n) is 3.34. The molecule has 1 amide bonds. The first-order valence-electron chi connectivity index (χ1n) is 9.80. The molecule has 162 valence electrons. The predicted octanol–water partition coefficient (Wildman–Crippen LogP) is 1.63. The lowest BCUT2D eigenvalue weighted by Crippen LogP contribution is -2.40. The van der Waals surface area contributed by atoms with Gasteiger partial charge in [0.1, 0.15) is 0 Å². The van der Waals surface area contributed by atoms with Crippen LogP contribution >= 0.6 is 0 Å². The summed E-state index contributed by atoms with van der Waals surface area (Å²) in [6.45, 7) is 5.59. The second kappa shape index (κ2) is 9.57. The maximum Gasteiger partial charge on any atom is 0.241 e. The van der Waals surface area contributed by atoms with Gasteiger partial charge in [-0.2, -0.15) is 0 Å². The van der Waals surface area contributed by atoms with Crippen LogP contribution in [0.2, 0.25) is 0 Å². The highest BCUT2D eigenvalue weighted by Crippen LogP contribution is 2.23. The van der Waals surface area contributed by atoms with E-state index in [4.69, 9.17) is 9.88 Å². The molecule has 0 bridgehead atoms. The highest BCUT2D eigenvalue weighted by atomic mass is 32.2. The van der Waals surface area contributed by atoms with Crippen LogP contribution in [0.25, 0.3) is 0 Å². The van der Waals surface area contributed by atoms with Gasteiger partial charge in [-0.15, -0.1) is 0 Å². The van der Waals surface area contributed by atoms with Crippen LogP contribution in [-0.2, 0) is 26.1 Å². The molecule has 0 spiro atoms. The minimum atomic E-state index is -3.76. The van der Waals surface area contributed by atoms with Gasteiger partial charge in [-0.05, 0) is 49.9 Å². The van der Waals surface area contributed by atoms with E-state index in [9.17, 15) is 13.2 Å². The Morgan fingerprint density at radius 1 is 1.17 bits per heavy atom. The number of ether oxygens (including phenoxy) is 1. The van der Waals surface area contributed by atoms with Gasteiger partial charge >= 0.3 is 0 Å². The van der Waals surface area contributed by atoms with Crippen molar-refractivity contribution in [3.05, 3.63) is 54.1 Å². The largest absolute Gasteiger partial charge is 0.378 e. The predicted molar refractivity (Wildman–Crippen MR) is 117 cm³/mol. The number of hydrogen-bond acceptors (Lipinski definition) is 6. The van der Waals surface area contributed by atoms with Crippen molar-refractivity contribution in [1.82, 2.24) is 4.90 Å². The van der Waals surface area contributed by atoms with Gasteiger partial charge in [-0.3, -0.25) is 9.69 Å². The summed E-state index contributed by atoms with van der Waals surface area (Å²) in [5.41, 5.74) is 2.83. The number of primary sulfonamides is 1. The van der Waals surface area contributed by atoms with Crippen LogP contribution in [0.3, 0.4) is 0 Å². The lowest BCUT2D eigenvalue weighted by molar-refractivity contribution is -0.120. The quantitative estimate of drug-likeness (QED) is 0.689. The number of benzene rings is 2. The van der Waals surface area contributed by atoms with E-state index in [1.165, 1.54) is 30.0 Å². The third kappa shape index (κ3) is 5.57. The molecule has 30 heavy (non-hydrogen) atoms. The number of nitrogens with one attached hydrogen (secondary N) is 1. The molecule has 1 aliphatic heterocycles. The molecule has 1 atom stereocenters. The summed E-state index contributed by atoms with van der Waals surface area (Å²) >= 11 is 0. The van der Waals surface area contributed by atoms with E-state index in [-0.39, 0.29) is 16.8 Å². The van der Waals surface area contributed by atoms with Crippen LogP contribution in [-0.4, -0.2) is 58.6 Å². The molecule has 9 heteroatoms. The third-order valence-corrected chi connectivity index (χ3v) is 6.18. The molecule has 3 rings (SSSR count). The molecule has 0 radical (unpaired) electrons. The number of amides is 1. The molecule has 0 aromatic heterocycles. The second-order valence-corrected chi connectivity index (χ2v) is 8.94.